The maximum absolute atomic E-state index is 14.7. The molecule has 31 heavy (non-hydrogen) atoms. The van der Waals surface area contributed by atoms with Gasteiger partial charge >= 0.3 is 0 Å². The summed E-state index contributed by atoms with van der Waals surface area (Å²) >= 11 is 0. The lowest BCUT2D eigenvalue weighted by atomic mass is 9.91. The molecule has 0 spiro atoms. The number of hydrogen-bond acceptors (Lipinski definition) is 7. The molecule has 0 aromatic carbocycles. The van der Waals surface area contributed by atoms with Crippen LogP contribution in [0.15, 0.2) is 24.4 Å². The molecular formula is C22H30FN7O. The van der Waals surface area contributed by atoms with Crippen molar-refractivity contribution in [3.63, 3.8) is 0 Å². The van der Waals surface area contributed by atoms with Crippen LogP contribution in [-0.2, 0) is 0 Å². The van der Waals surface area contributed by atoms with Crippen molar-refractivity contribution in [1.29, 1.82) is 0 Å². The van der Waals surface area contributed by atoms with Crippen LogP contribution in [0.2, 0.25) is 0 Å². The number of halogens is 1. The first-order valence-electron chi connectivity index (χ1n) is 11.0. The van der Waals surface area contributed by atoms with Crippen molar-refractivity contribution in [3.8, 4) is 0 Å². The number of nitrogens with two attached hydrogens (primary N) is 2. The summed E-state index contributed by atoms with van der Waals surface area (Å²) in [5.41, 5.74) is 12.4. The summed E-state index contributed by atoms with van der Waals surface area (Å²) in [5, 5.41) is 6.26. The molecule has 2 atom stereocenters. The molecule has 1 amide bonds. The number of piperidine rings is 1. The number of anilines is 4. The van der Waals surface area contributed by atoms with Crippen molar-refractivity contribution in [2.24, 2.45) is 11.5 Å². The second kappa shape index (κ2) is 9.47. The number of hydrogen-bond donors (Lipinski definition) is 4. The van der Waals surface area contributed by atoms with E-state index in [1.54, 1.807) is 12.3 Å². The van der Waals surface area contributed by atoms with E-state index in [2.05, 4.69) is 25.5 Å². The SMILES string of the molecule is NC(=O)c1cc(F)c(NC2CCCC[C@@H]2N)nc1Nc1ccnc(N2CCCCC2)c1. The van der Waals surface area contributed by atoms with E-state index in [1.165, 1.54) is 6.42 Å². The second-order valence-electron chi connectivity index (χ2n) is 8.35. The van der Waals surface area contributed by atoms with Gasteiger partial charge in [-0.3, -0.25) is 4.79 Å². The molecule has 2 aromatic rings. The molecule has 1 aliphatic carbocycles. The lowest BCUT2D eigenvalue weighted by Crippen LogP contribution is -2.43. The monoisotopic (exact) mass is 427 g/mol. The van der Waals surface area contributed by atoms with E-state index in [9.17, 15) is 9.18 Å². The minimum absolute atomic E-state index is 0.00710. The van der Waals surface area contributed by atoms with Crippen molar-refractivity contribution in [1.82, 2.24) is 9.97 Å². The quantitative estimate of drug-likeness (QED) is 0.559. The van der Waals surface area contributed by atoms with Crippen LogP contribution >= 0.6 is 0 Å². The first kappa shape index (κ1) is 21.3. The maximum Gasteiger partial charge on any atom is 0.252 e. The standard InChI is InChI=1S/C22H30FN7O/c23-16-13-15(20(25)31)21(29-22(16)28-18-7-3-2-6-17(18)24)27-14-8-9-26-19(12-14)30-10-4-1-5-11-30/h8-9,12-13,17-18H,1-7,10-11,24H2,(H2,25,31)(H2,26,27,28,29)/t17-,18?/m0/s1. The minimum Gasteiger partial charge on any atom is -0.365 e. The Balaban J connectivity index is 1.60. The Morgan fingerprint density at radius 2 is 1.87 bits per heavy atom. The second-order valence-corrected chi connectivity index (χ2v) is 8.35. The minimum atomic E-state index is -0.750. The van der Waals surface area contributed by atoms with Crippen LogP contribution in [-0.4, -0.2) is 41.0 Å². The molecule has 1 saturated heterocycles. The normalized spacial score (nSPS) is 21.5. The predicted octanol–water partition coefficient (Wildman–Crippen LogP) is 3.13. The zero-order valence-corrected chi connectivity index (χ0v) is 17.6. The third-order valence-corrected chi connectivity index (χ3v) is 6.07. The van der Waals surface area contributed by atoms with Gasteiger partial charge < -0.3 is 27.0 Å². The van der Waals surface area contributed by atoms with E-state index in [0.29, 0.717) is 5.69 Å². The average Bonchev–Trinajstić information content (AvgIpc) is 2.78. The van der Waals surface area contributed by atoms with E-state index >= 15 is 0 Å². The Morgan fingerprint density at radius 3 is 2.61 bits per heavy atom. The van der Waals surface area contributed by atoms with Crippen LogP contribution in [0.3, 0.4) is 0 Å². The fourth-order valence-corrected chi connectivity index (χ4v) is 4.32. The first-order chi connectivity index (χ1) is 15.0. The highest BCUT2D eigenvalue weighted by molar-refractivity contribution is 5.98. The summed E-state index contributed by atoms with van der Waals surface area (Å²) in [7, 11) is 0. The lowest BCUT2D eigenvalue weighted by molar-refractivity contribution is 0.100. The number of amides is 1. The third kappa shape index (κ3) is 5.04. The van der Waals surface area contributed by atoms with Gasteiger partial charge in [-0.05, 0) is 44.2 Å². The van der Waals surface area contributed by atoms with Crippen LogP contribution in [0.5, 0.6) is 0 Å². The number of pyridine rings is 2. The van der Waals surface area contributed by atoms with Gasteiger partial charge in [0.25, 0.3) is 5.91 Å². The number of primary amides is 1. The Labute approximate surface area is 181 Å². The van der Waals surface area contributed by atoms with Gasteiger partial charge in [0.2, 0.25) is 0 Å². The Bertz CT molecular complexity index is 932. The van der Waals surface area contributed by atoms with Crippen LogP contribution in [0.4, 0.5) is 27.5 Å². The molecule has 2 fully saturated rings. The van der Waals surface area contributed by atoms with Gasteiger partial charge in [0.1, 0.15) is 11.6 Å². The van der Waals surface area contributed by atoms with Gasteiger partial charge in [-0.1, -0.05) is 12.8 Å². The molecule has 1 saturated carbocycles. The fraction of sp³-hybridized carbons (Fsp3) is 0.500. The number of carbonyl (C=O) groups excluding carboxylic acids is 1. The molecule has 166 valence electrons. The molecule has 8 nitrogen and oxygen atoms in total. The number of aromatic nitrogens is 2. The largest absolute Gasteiger partial charge is 0.365 e. The number of nitrogens with one attached hydrogen (secondary N) is 2. The molecule has 0 radical (unpaired) electrons. The van der Waals surface area contributed by atoms with Crippen molar-refractivity contribution >= 4 is 29.0 Å². The summed E-state index contributed by atoms with van der Waals surface area (Å²) in [5.74, 6) is -0.239. The molecule has 0 bridgehead atoms. The molecule has 2 aliphatic rings. The zero-order chi connectivity index (χ0) is 21.8. The zero-order valence-electron chi connectivity index (χ0n) is 17.6. The van der Waals surface area contributed by atoms with E-state index in [1.807, 2.05) is 6.07 Å². The number of carbonyl (C=O) groups is 1. The Morgan fingerprint density at radius 1 is 1.10 bits per heavy atom. The summed E-state index contributed by atoms with van der Waals surface area (Å²) in [4.78, 5) is 23.0. The van der Waals surface area contributed by atoms with Crippen LogP contribution in [0.25, 0.3) is 0 Å². The van der Waals surface area contributed by atoms with Gasteiger partial charge in [-0.15, -0.1) is 0 Å². The molecule has 4 rings (SSSR count). The van der Waals surface area contributed by atoms with E-state index in [4.69, 9.17) is 11.5 Å². The lowest BCUT2D eigenvalue weighted by Gasteiger charge is -2.30. The molecule has 1 aliphatic heterocycles. The van der Waals surface area contributed by atoms with Crippen molar-refractivity contribution < 1.29 is 9.18 Å². The van der Waals surface area contributed by atoms with E-state index < -0.39 is 11.7 Å². The molecule has 1 unspecified atom stereocenters. The Hall–Kier alpha value is -2.94. The van der Waals surface area contributed by atoms with Gasteiger partial charge in [-0.25, -0.2) is 14.4 Å². The molecule has 2 aromatic heterocycles. The Kier molecular flexibility index (Phi) is 6.50. The summed E-state index contributed by atoms with van der Waals surface area (Å²) < 4.78 is 14.7. The summed E-state index contributed by atoms with van der Waals surface area (Å²) in [6, 6.07) is 4.70. The fourth-order valence-electron chi connectivity index (χ4n) is 4.32. The highest BCUT2D eigenvalue weighted by Gasteiger charge is 2.24. The summed E-state index contributed by atoms with van der Waals surface area (Å²) in [6.45, 7) is 1.93. The van der Waals surface area contributed by atoms with Gasteiger partial charge in [-0.2, -0.15) is 0 Å². The smallest absolute Gasteiger partial charge is 0.252 e. The van der Waals surface area contributed by atoms with E-state index in [0.717, 1.165) is 63.5 Å². The van der Waals surface area contributed by atoms with Crippen LogP contribution in [0, 0.1) is 5.82 Å². The van der Waals surface area contributed by atoms with Gasteiger partial charge in [0.15, 0.2) is 11.6 Å². The molecule has 9 heteroatoms. The van der Waals surface area contributed by atoms with Gasteiger partial charge in [0.05, 0.1) is 5.56 Å². The predicted molar refractivity (Wildman–Crippen MR) is 120 cm³/mol. The highest BCUT2D eigenvalue weighted by Crippen LogP contribution is 2.28. The van der Waals surface area contributed by atoms with Crippen molar-refractivity contribution in [2.45, 2.75) is 57.0 Å². The molecule has 3 heterocycles. The van der Waals surface area contributed by atoms with Crippen molar-refractivity contribution in [2.75, 3.05) is 28.6 Å². The number of rotatable bonds is 6. The van der Waals surface area contributed by atoms with E-state index in [-0.39, 0.29) is 29.3 Å². The molecule has 6 N–H and O–H groups in total. The number of nitrogens with zero attached hydrogens (tertiary/aromatic N) is 3. The first-order valence-corrected chi connectivity index (χ1v) is 11.0. The average molecular weight is 428 g/mol. The van der Waals surface area contributed by atoms with Crippen LogP contribution < -0.4 is 27.0 Å². The highest BCUT2D eigenvalue weighted by atomic mass is 19.1. The maximum atomic E-state index is 14.7. The van der Waals surface area contributed by atoms with Crippen LogP contribution in [0.1, 0.15) is 55.3 Å². The van der Waals surface area contributed by atoms with Crippen molar-refractivity contribution in [3.05, 3.63) is 35.8 Å². The molecular weight excluding hydrogens is 397 g/mol. The topological polar surface area (TPSA) is 122 Å². The summed E-state index contributed by atoms with van der Waals surface area (Å²) in [6.07, 6.45) is 9.08. The van der Waals surface area contributed by atoms with Gasteiger partial charge in [0, 0.05) is 43.1 Å². The third-order valence-electron chi connectivity index (χ3n) is 6.07.